The molecule has 7 nitrogen and oxygen atoms in total. The van der Waals surface area contributed by atoms with Gasteiger partial charge in [-0.05, 0) is 24.6 Å². The fourth-order valence-electron chi connectivity index (χ4n) is 2.54. The minimum Gasteiger partial charge on any atom is -0.355 e. The molecule has 2 aromatic heterocycles. The van der Waals surface area contributed by atoms with Crippen LogP contribution in [0.3, 0.4) is 0 Å². The summed E-state index contributed by atoms with van der Waals surface area (Å²) in [5, 5.41) is 6.76. The van der Waals surface area contributed by atoms with Crippen LogP contribution in [0.4, 0.5) is 13.2 Å². The summed E-state index contributed by atoms with van der Waals surface area (Å²) in [6, 6.07) is 4.57. The van der Waals surface area contributed by atoms with E-state index in [1.807, 2.05) is 6.92 Å². The molecular formula is C17H16F3N5O2. The van der Waals surface area contributed by atoms with Crippen molar-refractivity contribution < 1.29 is 18.0 Å². The molecule has 10 heteroatoms. The number of halogens is 3. The van der Waals surface area contributed by atoms with Crippen molar-refractivity contribution >= 4 is 16.9 Å². The van der Waals surface area contributed by atoms with Crippen LogP contribution in [0.15, 0.2) is 41.6 Å². The predicted molar refractivity (Wildman–Crippen MR) is 91.4 cm³/mol. The minimum absolute atomic E-state index is 0.109. The molecule has 1 N–H and O–H groups in total. The van der Waals surface area contributed by atoms with E-state index in [4.69, 9.17) is 0 Å². The second-order valence-electron chi connectivity index (χ2n) is 5.87. The Morgan fingerprint density at radius 3 is 2.78 bits per heavy atom. The number of amides is 1. The van der Waals surface area contributed by atoms with Crippen LogP contribution < -0.4 is 10.9 Å². The maximum Gasteiger partial charge on any atom is 0.416 e. The molecule has 0 saturated heterocycles. The minimum atomic E-state index is -4.50. The number of benzene rings is 1. The Hall–Kier alpha value is -3.17. The van der Waals surface area contributed by atoms with Crippen molar-refractivity contribution in [3.8, 4) is 5.69 Å². The molecule has 0 fully saturated rings. The lowest BCUT2D eigenvalue weighted by Crippen LogP contribution is -2.32. The Bertz CT molecular complexity index is 1040. The fraction of sp³-hybridized carbons (Fsp3) is 0.294. The normalized spacial score (nSPS) is 11.7. The van der Waals surface area contributed by atoms with Crippen LogP contribution in [0.5, 0.6) is 0 Å². The van der Waals surface area contributed by atoms with Crippen molar-refractivity contribution in [1.82, 2.24) is 24.6 Å². The van der Waals surface area contributed by atoms with Crippen molar-refractivity contribution in [2.75, 3.05) is 6.54 Å². The van der Waals surface area contributed by atoms with Gasteiger partial charge in [-0.25, -0.2) is 9.67 Å². The van der Waals surface area contributed by atoms with E-state index in [9.17, 15) is 22.8 Å². The molecular weight excluding hydrogens is 363 g/mol. The number of fused-ring (bicyclic) bond motifs is 1. The fourth-order valence-corrected chi connectivity index (χ4v) is 2.54. The molecule has 1 aromatic carbocycles. The molecule has 142 valence electrons. The van der Waals surface area contributed by atoms with E-state index >= 15 is 0 Å². The predicted octanol–water partition coefficient (Wildman–Crippen LogP) is 2.13. The topological polar surface area (TPSA) is 81.8 Å². The van der Waals surface area contributed by atoms with Gasteiger partial charge in [0.2, 0.25) is 5.91 Å². The van der Waals surface area contributed by atoms with E-state index in [0.717, 1.165) is 27.8 Å². The SMILES string of the molecule is CCCNC(=O)Cn1cnc2c(cnn2-c2cccc(C(F)(F)F)c2)c1=O. The van der Waals surface area contributed by atoms with Gasteiger partial charge < -0.3 is 5.32 Å². The smallest absolute Gasteiger partial charge is 0.355 e. The summed E-state index contributed by atoms with van der Waals surface area (Å²) >= 11 is 0. The van der Waals surface area contributed by atoms with Gasteiger partial charge in [0, 0.05) is 6.54 Å². The summed E-state index contributed by atoms with van der Waals surface area (Å²) in [4.78, 5) is 28.4. The van der Waals surface area contributed by atoms with Gasteiger partial charge in [0.25, 0.3) is 5.56 Å². The number of carbonyl (C=O) groups excluding carboxylic acids is 1. The second-order valence-corrected chi connectivity index (χ2v) is 5.87. The van der Waals surface area contributed by atoms with Gasteiger partial charge in [-0.2, -0.15) is 18.3 Å². The molecule has 0 saturated carbocycles. The molecule has 0 bridgehead atoms. The molecule has 0 radical (unpaired) electrons. The zero-order valence-electron chi connectivity index (χ0n) is 14.3. The molecule has 0 aliphatic heterocycles. The second kappa shape index (κ2) is 7.22. The molecule has 0 aliphatic carbocycles. The van der Waals surface area contributed by atoms with E-state index < -0.39 is 17.3 Å². The van der Waals surface area contributed by atoms with Gasteiger partial charge in [0.05, 0.1) is 17.4 Å². The highest BCUT2D eigenvalue weighted by atomic mass is 19.4. The van der Waals surface area contributed by atoms with Gasteiger partial charge in [-0.3, -0.25) is 14.2 Å². The highest BCUT2D eigenvalue weighted by Gasteiger charge is 2.30. The molecule has 0 spiro atoms. The molecule has 2 heterocycles. The zero-order valence-corrected chi connectivity index (χ0v) is 14.3. The third-order valence-corrected chi connectivity index (χ3v) is 3.86. The highest BCUT2D eigenvalue weighted by molar-refractivity contribution is 5.77. The average Bonchev–Trinajstić information content (AvgIpc) is 3.06. The monoisotopic (exact) mass is 379 g/mol. The summed E-state index contributed by atoms with van der Waals surface area (Å²) in [5.74, 6) is -0.328. The lowest BCUT2D eigenvalue weighted by atomic mass is 10.2. The third-order valence-electron chi connectivity index (χ3n) is 3.86. The number of hydrogen-bond acceptors (Lipinski definition) is 4. The van der Waals surface area contributed by atoms with E-state index in [-0.39, 0.29) is 29.2 Å². The largest absolute Gasteiger partial charge is 0.416 e. The Labute approximate surface area is 151 Å². The van der Waals surface area contributed by atoms with Crippen molar-refractivity contribution in [2.24, 2.45) is 0 Å². The van der Waals surface area contributed by atoms with Crippen molar-refractivity contribution in [3.05, 3.63) is 52.7 Å². The van der Waals surface area contributed by atoms with Crippen LogP contribution in [-0.4, -0.2) is 31.8 Å². The lowest BCUT2D eigenvalue weighted by molar-refractivity contribution is -0.137. The van der Waals surface area contributed by atoms with Crippen LogP contribution in [0.1, 0.15) is 18.9 Å². The Balaban J connectivity index is 1.98. The summed E-state index contributed by atoms with van der Waals surface area (Å²) in [7, 11) is 0. The number of carbonyl (C=O) groups is 1. The number of nitrogens with one attached hydrogen (secondary N) is 1. The third kappa shape index (κ3) is 3.83. The number of nitrogens with zero attached hydrogens (tertiary/aromatic N) is 4. The quantitative estimate of drug-likeness (QED) is 0.736. The molecule has 0 unspecified atom stereocenters. The van der Waals surface area contributed by atoms with E-state index in [1.54, 1.807) is 0 Å². The molecule has 3 rings (SSSR count). The molecule has 0 atom stereocenters. The van der Waals surface area contributed by atoms with E-state index in [2.05, 4.69) is 15.4 Å². The maximum absolute atomic E-state index is 12.9. The Morgan fingerprint density at radius 1 is 1.30 bits per heavy atom. The molecule has 0 aliphatic rings. The molecule has 27 heavy (non-hydrogen) atoms. The summed E-state index contributed by atoms with van der Waals surface area (Å²) in [5.41, 5.74) is -1.08. The van der Waals surface area contributed by atoms with Gasteiger partial charge in [-0.15, -0.1) is 0 Å². The van der Waals surface area contributed by atoms with Crippen molar-refractivity contribution in [1.29, 1.82) is 0 Å². The summed E-state index contributed by atoms with van der Waals surface area (Å²) < 4.78 is 41.0. The zero-order chi connectivity index (χ0) is 19.6. The summed E-state index contributed by atoms with van der Waals surface area (Å²) in [6.07, 6.45) is -1.32. The van der Waals surface area contributed by atoms with E-state index in [1.165, 1.54) is 24.7 Å². The van der Waals surface area contributed by atoms with Gasteiger partial charge >= 0.3 is 6.18 Å². The highest BCUT2D eigenvalue weighted by Crippen LogP contribution is 2.30. The van der Waals surface area contributed by atoms with Crippen LogP contribution in [0.2, 0.25) is 0 Å². The summed E-state index contributed by atoms with van der Waals surface area (Å²) in [6.45, 7) is 2.20. The van der Waals surface area contributed by atoms with Gasteiger partial charge in [-0.1, -0.05) is 13.0 Å². The first-order chi connectivity index (χ1) is 12.8. The number of alkyl halides is 3. The molecule has 3 aromatic rings. The molecule has 1 amide bonds. The van der Waals surface area contributed by atoms with Crippen LogP contribution in [0, 0.1) is 0 Å². The average molecular weight is 379 g/mol. The first-order valence-electron chi connectivity index (χ1n) is 8.18. The van der Waals surface area contributed by atoms with Gasteiger partial charge in [0.1, 0.15) is 18.3 Å². The first kappa shape index (κ1) is 18.6. The Morgan fingerprint density at radius 2 is 2.07 bits per heavy atom. The van der Waals surface area contributed by atoms with Crippen LogP contribution in [-0.2, 0) is 17.5 Å². The first-order valence-corrected chi connectivity index (χ1v) is 8.18. The lowest BCUT2D eigenvalue weighted by Gasteiger charge is -2.09. The number of aromatic nitrogens is 4. The maximum atomic E-state index is 12.9. The van der Waals surface area contributed by atoms with Gasteiger partial charge in [0.15, 0.2) is 5.65 Å². The van der Waals surface area contributed by atoms with Crippen molar-refractivity contribution in [3.63, 3.8) is 0 Å². The van der Waals surface area contributed by atoms with E-state index in [0.29, 0.717) is 6.54 Å². The number of hydrogen-bond donors (Lipinski definition) is 1. The van der Waals surface area contributed by atoms with Crippen molar-refractivity contribution in [2.45, 2.75) is 26.1 Å². The number of rotatable bonds is 5. The van der Waals surface area contributed by atoms with Crippen LogP contribution in [0.25, 0.3) is 16.7 Å². The standard InChI is InChI=1S/C17H16F3N5O2/c1-2-6-21-14(26)9-24-10-22-15-13(16(24)27)8-23-25(15)12-5-3-4-11(7-12)17(18,19)20/h3-5,7-8,10H,2,6,9H2,1H3,(H,21,26). The Kier molecular flexibility index (Phi) is 4.98. The van der Waals surface area contributed by atoms with Crippen LogP contribution >= 0.6 is 0 Å².